The molecule has 2 atom stereocenters. The van der Waals surface area contributed by atoms with Crippen LogP contribution in [0.25, 0.3) is 10.9 Å². The van der Waals surface area contributed by atoms with Crippen LogP contribution in [0.1, 0.15) is 50.5 Å². The minimum atomic E-state index is 0.121. The van der Waals surface area contributed by atoms with Gasteiger partial charge in [0.05, 0.1) is 24.8 Å². The smallest absolute Gasteiger partial charge is 0.220 e. The average molecular weight is 367 g/mol. The lowest BCUT2D eigenvalue weighted by atomic mass is 9.86. The van der Waals surface area contributed by atoms with Gasteiger partial charge >= 0.3 is 0 Å². The third-order valence-corrected chi connectivity index (χ3v) is 6.27. The number of nitrogens with zero attached hydrogens (tertiary/aromatic N) is 1. The Hall–Kier alpha value is -1.94. The monoisotopic (exact) mass is 366 g/mol. The number of carbonyl (C=O) groups excluding carboxylic acids is 1. The van der Waals surface area contributed by atoms with Gasteiger partial charge in [-0.15, -0.1) is 0 Å². The van der Waals surface area contributed by atoms with E-state index in [4.69, 9.17) is 4.74 Å². The van der Waals surface area contributed by atoms with Crippen LogP contribution < -0.4 is 5.32 Å². The number of para-hydroxylation sites is 1. The number of hydrogen-bond donors (Lipinski definition) is 1. The molecule has 0 unspecified atom stereocenters. The first-order valence-corrected chi connectivity index (χ1v) is 10.5. The minimum Gasteiger partial charge on any atom is -0.379 e. The van der Waals surface area contributed by atoms with E-state index in [1.807, 2.05) is 12.3 Å². The second-order valence-electron chi connectivity index (χ2n) is 8.21. The molecular weight excluding hydrogens is 336 g/mol. The maximum Gasteiger partial charge on any atom is 0.220 e. The van der Waals surface area contributed by atoms with Gasteiger partial charge in [-0.3, -0.25) is 9.78 Å². The van der Waals surface area contributed by atoms with Gasteiger partial charge in [-0.1, -0.05) is 50.3 Å². The fraction of sp³-hybridized carbons (Fsp3) is 0.565. The highest BCUT2D eigenvalue weighted by Crippen LogP contribution is 2.28. The number of rotatable bonds is 6. The van der Waals surface area contributed by atoms with Gasteiger partial charge in [0, 0.05) is 23.9 Å². The van der Waals surface area contributed by atoms with Crippen molar-refractivity contribution in [3.63, 3.8) is 0 Å². The van der Waals surface area contributed by atoms with Crippen molar-refractivity contribution >= 4 is 16.8 Å². The van der Waals surface area contributed by atoms with Crippen molar-refractivity contribution in [2.45, 2.75) is 57.4 Å². The number of amides is 1. The largest absolute Gasteiger partial charge is 0.379 e. The van der Waals surface area contributed by atoms with E-state index in [9.17, 15) is 4.79 Å². The molecule has 4 nitrogen and oxygen atoms in total. The Morgan fingerprint density at radius 3 is 2.85 bits per heavy atom. The Morgan fingerprint density at radius 2 is 1.96 bits per heavy atom. The zero-order valence-electron chi connectivity index (χ0n) is 16.0. The molecule has 2 aliphatic rings. The molecule has 4 heteroatoms. The third kappa shape index (κ3) is 4.67. The summed E-state index contributed by atoms with van der Waals surface area (Å²) in [6, 6.07) is 10.5. The number of pyridine rings is 1. The molecule has 1 amide bonds. The Morgan fingerprint density at radius 1 is 1.11 bits per heavy atom. The van der Waals surface area contributed by atoms with Crippen molar-refractivity contribution in [3.8, 4) is 0 Å². The Balaban J connectivity index is 1.34. The summed E-state index contributed by atoms with van der Waals surface area (Å²) >= 11 is 0. The number of aromatic nitrogens is 1. The highest BCUT2D eigenvalue weighted by Gasteiger charge is 2.30. The molecule has 0 radical (unpaired) electrons. The molecule has 1 aliphatic heterocycles. The number of hydrogen-bond acceptors (Lipinski definition) is 3. The molecule has 4 rings (SSSR count). The first-order chi connectivity index (χ1) is 13.3. The highest BCUT2D eigenvalue weighted by molar-refractivity contribution is 5.82. The van der Waals surface area contributed by atoms with E-state index in [0.717, 1.165) is 24.3 Å². The number of carbonyl (C=O) groups is 1. The summed E-state index contributed by atoms with van der Waals surface area (Å²) in [7, 11) is 0. The van der Waals surface area contributed by atoms with Crippen LogP contribution in [0.4, 0.5) is 0 Å². The topological polar surface area (TPSA) is 51.2 Å². The summed E-state index contributed by atoms with van der Waals surface area (Å²) in [6.45, 7) is 1.34. The molecule has 2 heterocycles. The van der Waals surface area contributed by atoms with Crippen LogP contribution in [0.3, 0.4) is 0 Å². The number of nitrogens with one attached hydrogen (secondary N) is 1. The van der Waals surface area contributed by atoms with Gasteiger partial charge in [0.1, 0.15) is 0 Å². The van der Waals surface area contributed by atoms with Gasteiger partial charge in [0.15, 0.2) is 0 Å². The normalized spacial score (nSPS) is 23.6. The standard InChI is InChI=1S/C23H30N2O2/c26-23(11-10-17-6-2-1-3-7-17)25-22-16-27-15-19(22)14-18-12-13-24-21-9-5-4-8-20(18)21/h4-5,8-9,12-13,17,19,22H,1-3,6-7,10-11,14-16H2,(H,25,26)/t19-,22-/m1/s1. The molecule has 1 aromatic carbocycles. The summed E-state index contributed by atoms with van der Waals surface area (Å²) in [6.07, 6.45) is 11.1. The Kier molecular flexibility index (Phi) is 6.03. The van der Waals surface area contributed by atoms with Crippen LogP contribution in [0.2, 0.25) is 0 Å². The summed E-state index contributed by atoms with van der Waals surface area (Å²) < 4.78 is 5.72. The minimum absolute atomic E-state index is 0.121. The maximum atomic E-state index is 12.5. The number of fused-ring (bicyclic) bond motifs is 1. The van der Waals surface area contributed by atoms with Gasteiger partial charge in [-0.25, -0.2) is 0 Å². The lowest BCUT2D eigenvalue weighted by molar-refractivity contribution is -0.122. The van der Waals surface area contributed by atoms with Crippen molar-refractivity contribution in [1.82, 2.24) is 10.3 Å². The third-order valence-electron chi connectivity index (χ3n) is 6.27. The quantitative estimate of drug-likeness (QED) is 0.831. The molecule has 1 aliphatic carbocycles. The predicted molar refractivity (Wildman–Crippen MR) is 107 cm³/mol. The molecule has 144 valence electrons. The van der Waals surface area contributed by atoms with Crippen LogP contribution in [-0.4, -0.2) is 30.1 Å². The van der Waals surface area contributed by atoms with Gasteiger partial charge in [-0.05, 0) is 36.5 Å². The van der Waals surface area contributed by atoms with Crippen LogP contribution in [0.15, 0.2) is 36.5 Å². The molecule has 1 saturated carbocycles. The van der Waals surface area contributed by atoms with Crippen molar-refractivity contribution in [2.24, 2.45) is 11.8 Å². The van der Waals surface area contributed by atoms with E-state index >= 15 is 0 Å². The molecule has 1 aromatic heterocycles. The van der Waals surface area contributed by atoms with E-state index in [0.29, 0.717) is 25.6 Å². The SMILES string of the molecule is O=C(CCC1CCCCC1)N[C@@H]1COC[C@H]1Cc1ccnc2ccccc12. The predicted octanol–water partition coefficient (Wildman–Crippen LogP) is 4.27. The van der Waals surface area contributed by atoms with E-state index in [1.165, 1.54) is 43.1 Å². The van der Waals surface area contributed by atoms with Crippen LogP contribution in [0.5, 0.6) is 0 Å². The summed E-state index contributed by atoms with van der Waals surface area (Å²) in [5, 5.41) is 4.46. The maximum absolute atomic E-state index is 12.5. The zero-order valence-corrected chi connectivity index (χ0v) is 16.0. The van der Waals surface area contributed by atoms with Gasteiger partial charge in [-0.2, -0.15) is 0 Å². The lowest BCUT2D eigenvalue weighted by Gasteiger charge is -2.23. The molecule has 2 fully saturated rings. The fourth-order valence-electron chi connectivity index (χ4n) is 4.66. The lowest BCUT2D eigenvalue weighted by Crippen LogP contribution is -2.40. The fourth-order valence-corrected chi connectivity index (χ4v) is 4.66. The van der Waals surface area contributed by atoms with E-state index < -0.39 is 0 Å². The van der Waals surface area contributed by atoms with E-state index in [-0.39, 0.29) is 11.9 Å². The molecule has 27 heavy (non-hydrogen) atoms. The summed E-state index contributed by atoms with van der Waals surface area (Å²) in [5.41, 5.74) is 2.32. The highest BCUT2D eigenvalue weighted by atomic mass is 16.5. The van der Waals surface area contributed by atoms with Crippen molar-refractivity contribution < 1.29 is 9.53 Å². The van der Waals surface area contributed by atoms with Crippen molar-refractivity contribution in [1.29, 1.82) is 0 Å². The number of ether oxygens (including phenoxy) is 1. The van der Waals surface area contributed by atoms with E-state index in [2.05, 4.69) is 34.6 Å². The van der Waals surface area contributed by atoms with Crippen LogP contribution in [0, 0.1) is 11.8 Å². The molecular formula is C23H30N2O2. The van der Waals surface area contributed by atoms with Crippen LogP contribution in [-0.2, 0) is 16.0 Å². The molecule has 1 N–H and O–H groups in total. The average Bonchev–Trinajstić information content (AvgIpc) is 3.14. The van der Waals surface area contributed by atoms with Gasteiger partial charge in [0.2, 0.25) is 5.91 Å². The molecule has 0 spiro atoms. The van der Waals surface area contributed by atoms with Crippen molar-refractivity contribution in [3.05, 3.63) is 42.1 Å². The van der Waals surface area contributed by atoms with Gasteiger partial charge in [0.25, 0.3) is 0 Å². The summed E-state index contributed by atoms with van der Waals surface area (Å²) in [4.78, 5) is 16.9. The Bertz CT molecular complexity index is 765. The summed E-state index contributed by atoms with van der Waals surface area (Å²) in [5.74, 6) is 1.28. The van der Waals surface area contributed by atoms with Crippen molar-refractivity contribution in [2.75, 3.05) is 13.2 Å². The molecule has 1 saturated heterocycles. The zero-order chi connectivity index (χ0) is 18.5. The Labute approximate surface area is 161 Å². The van der Waals surface area contributed by atoms with Gasteiger partial charge < -0.3 is 10.1 Å². The molecule has 2 aromatic rings. The molecule has 0 bridgehead atoms. The number of benzene rings is 1. The second-order valence-corrected chi connectivity index (χ2v) is 8.21. The second kappa shape index (κ2) is 8.83. The van der Waals surface area contributed by atoms with Crippen LogP contribution >= 0.6 is 0 Å². The van der Waals surface area contributed by atoms with E-state index in [1.54, 1.807) is 0 Å². The first-order valence-electron chi connectivity index (χ1n) is 10.5. The first kappa shape index (κ1) is 18.4.